The molecule has 4 aliphatic rings. The molecule has 2 spiro atoms. The molecule has 0 unspecified atom stereocenters. The second-order valence-electron chi connectivity index (χ2n) is 6.81. The van der Waals surface area contributed by atoms with Crippen LogP contribution in [0.2, 0.25) is 0 Å². The largest absolute Gasteiger partial charge is 0.347 e. The number of hydrogen-bond acceptors (Lipinski definition) is 5. The standard InChI is InChI=1S/C14H21N3O4/c1-8(2)17-9-5-13(20-3-4-21-13)7-10(17)14(6-9)11(18)15-12(19)16-14/h8-10H,3-7H2,1-2H3,(H2,15,16,18,19)/t9-,10-,14+/m1/s1. The van der Waals surface area contributed by atoms with Gasteiger partial charge in [-0.15, -0.1) is 0 Å². The molecule has 2 N–H and O–H groups in total. The van der Waals surface area contributed by atoms with E-state index >= 15 is 0 Å². The first-order chi connectivity index (χ1) is 9.96. The van der Waals surface area contributed by atoms with Gasteiger partial charge in [0, 0.05) is 31.0 Å². The molecule has 4 aliphatic heterocycles. The van der Waals surface area contributed by atoms with Crippen molar-refractivity contribution in [2.45, 2.75) is 62.6 Å². The van der Waals surface area contributed by atoms with Gasteiger partial charge < -0.3 is 14.8 Å². The topological polar surface area (TPSA) is 79.9 Å². The van der Waals surface area contributed by atoms with Gasteiger partial charge in [-0.2, -0.15) is 0 Å². The molecule has 4 heterocycles. The Morgan fingerprint density at radius 1 is 1.19 bits per heavy atom. The van der Waals surface area contributed by atoms with Crippen molar-refractivity contribution in [1.82, 2.24) is 15.5 Å². The van der Waals surface area contributed by atoms with Crippen LogP contribution in [0.5, 0.6) is 0 Å². The zero-order valence-corrected chi connectivity index (χ0v) is 12.3. The van der Waals surface area contributed by atoms with Crippen LogP contribution >= 0.6 is 0 Å². The second kappa shape index (κ2) is 4.18. The highest BCUT2D eigenvalue weighted by Gasteiger charge is 2.67. The molecule has 4 fully saturated rings. The Morgan fingerprint density at radius 2 is 1.90 bits per heavy atom. The fraction of sp³-hybridized carbons (Fsp3) is 0.857. The highest BCUT2D eigenvalue weighted by Crippen LogP contribution is 2.50. The second-order valence-corrected chi connectivity index (χ2v) is 6.81. The maximum Gasteiger partial charge on any atom is 0.322 e. The number of hydrogen-bond donors (Lipinski definition) is 2. The monoisotopic (exact) mass is 295 g/mol. The molecule has 7 heteroatoms. The summed E-state index contributed by atoms with van der Waals surface area (Å²) in [6.07, 6.45) is 2.00. The first kappa shape index (κ1) is 13.5. The number of carbonyl (C=O) groups excluding carboxylic acids is 2. The van der Waals surface area contributed by atoms with Crippen molar-refractivity contribution < 1.29 is 19.1 Å². The van der Waals surface area contributed by atoms with E-state index in [0.29, 0.717) is 32.1 Å². The van der Waals surface area contributed by atoms with Crippen molar-refractivity contribution in [2.75, 3.05) is 13.2 Å². The van der Waals surface area contributed by atoms with Gasteiger partial charge >= 0.3 is 6.03 Å². The van der Waals surface area contributed by atoms with Crippen molar-refractivity contribution in [2.24, 2.45) is 0 Å². The van der Waals surface area contributed by atoms with E-state index < -0.39 is 17.4 Å². The SMILES string of the molecule is CC(C)N1[C@@H]2CC3(C[C@@H]1[C@]1(C2)NC(=O)NC1=O)OCCO3. The van der Waals surface area contributed by atoms with Gasteiger partial charge in [0.2, 0.25) is 0 Å². The lowest BCUT2D eigenvalue weighted by Crippen LogP contribution is -2.62. The predicted molar refractivity (Wildman–Crippen MR) is 72.4 cm³/mol. The molecule has 0 radical (unpaired) electrons. The van der Waals surface area contributed by atoms with E-state index in [1.54, 1.807) is 0 Å². The summed E-state index contributed by atoms with van der Waals surface area (Å²) in [5, 5.41) is 5.29. The maximum atomic E-state index is 12.4. The molecule has 116 valence electrons. The smallest absolute Gasteiger partial charge is 0.322 e. The third-order valence-corrected chi connectivity index (χ3v) is 5.34. The van der Waals surface area contributed by atoms with Gasteiger partial charge in [0.1, 0.15) is 5.54 Å². The Kier molecular flexibility index (Phi) is 2.68. The number of carbonyl (C=O) groups is 2. The number of imide groups is 1. The van der Waals surface area contributed by atoms with Gasteiger partial charge in [-0.25, -0.2) is 4.79 Å². The minimum Gasteiger partial charge on any atom is -0.347 e. The lowest BCUT2D eigenvalue weighted by Gasteiger charge is -2.46. The predicted octanol–water partition coefficient (Wildman–Crippen LogP) is -0.0472. The fourth-order valence-electron chi connectivity index (χ4n) is 4.71. The molecule has 3 amide bonds. The van der Waals surface area contributed by atoms with Gasteiger partial charge in [0.15, 0.2) is 5.79 Å². The van der Waals surface area contributed by atoms with Crippen LogP contribution < -0.4 is 10.6 Å². The summed E-state index contributed by atoms with van der Waals surface area (Å²) < 4.78 is 11.7. The summed E-state index contributed by atoms with van der Waals surface area (Å²) in [7, 11) is 0. The average molecular weight is 295 g/mol. The summed E-state index contributed by atoms with van der Waals surface area (Å²) in [4.78, 5) is 26.4. The third kappa shape index (κ3) is 1.71. The molecule has 0 saturated carbocycles. The van der Waals surface area contributed by atoms with E-state index in [2.05, 4.69) is 29.4 Å². The van der Waals surface area contributed by atoms with Gasteiger partial charge in [0.25, 0.3) is 5.91 Å². The molecule has 0 aliphatic carbocycles. The van der Waals surface area contributed by atoms with Gasteiger partial charge in [0.05, 0.1) is 13.2 Å². The summed E-state index contributed by atoms with van der Waals surface area (Å²) >= 11 is 0. The number of rotatable bonds is 1. The number of ether oxygens (including phenoxy) is 2. The Labute approximate surface area is 123 Å². The molecule has 0 aromatic carbocycles. The van der Waals surface area contributed by atoms with Crippen molar-refractivity contribution in [3.8, 4) is 0 Å². The number of nitrogens with one attached hydrogen (secondary N) is 2. The highest BCUT2D eigenvalue weighted by atomic mass is 16.7. The first-order valence-electron chi connectivity index (χ1n) is 7.65. The number of amides is 3. The number of urea groups is 1. The van der Waals surface area contributed by atoms with E-state index in [0.717, 1.165) is 6.42 Å². The molecule has 7 nitrogen and oxygen atoms in total. The van der Waals surface area contributed by atoms with Crippen LogP contribution in [0, 0.1) is 0 Å². The summed E-state index contributed by atoms with van der Waals surface area (Å²) in [6.45, 7) is 5.46. The molecule has 3 atom stereocenters. The highest BCUT2D eigenvalue weighted by molar-refractivity contribution is 6.07. The molecule has 0 aromatic rings. The molecule has 2 bridgehead atoms. The minimum absolute atomic E-state index is 0.0826. The Hall–Kier alpha value is -1.18. The van der Waals surface area contributed by atoms with E-state index in [-0.39, 0.29) is 18.0 Å². The van der Waals surface area contributed by atoms with Crippen molar-refractivity contribution >= 4 is 11.9 Å². The Morgan fingerprint density at radius 3 is 2.48 bits per heavy atom. The summed E-state index contributed by atoms with van der Waals surface area (Å²) in [6, 6.07) is 0.0220. The van der Waals surface area contributed by atoms with Crippen LogP contribution in [0.3, 0.4) is 0 Å². The van der Waals surface area contributed by atoms with Crippen LogP contribution in [0.4, 0.5) is 4.79 Å². The Bertz CT molecular complexity index is 502. The fourth-order valence-corrected chi connectivity index (χ4v) is 4.71. The van der Waals surface area contributed by atoms with Gasteiger partial charge in [-0.3, -0.25) is 15.0 Å². The van der Waals surface area contributed by atoms with Crippen molar-refractivity contribution in [3.63, 3.8) is 0 Å². The quantitative estimate of drug-likeness (QED) is 0.663. The van der Waals surface area contributed by atoms with E-state index in [1.807, 2.05) is 0 Å². The molecule has 0 aromatic heterocycles. The summed E-state index contributed by atoms with van der Waals surface area (Å²) in [5.74, 6) is -0.779. The van der Waals surface area contributed by atoms with Crippen LogP contribution in [-0.4, -0.2) is 59.5 Å². The Balaban J connectivity index is 1.73. The van der Waals surface area contributed by atoms with E-state index in [4.69, 9.17) is 9.47 Å². The number of fused-ring (bicyclic) bond motifs is 3. The first-order valence-corrected chi connectivity index (χ1v) is 7.65. The van der Waals surface area contributed by atoms with Crippen molar-refractivity contribution in [1.29, 1.82) is 0 Å². The van der Waals surface area contributed by atoms with Crippen LogP contribution in [0.25, 0.3) is 0 Å². The minimum atomic E-state index is -0.829. The summed E-state index contributed by atoms with van der Waals surface area (Å²) in [5.41, 5.74) is -0.829. The zero-order valence-electron chi connectivity index (χ0n) is 12.3. The molecular formula is C14H21N3O4. The molecule has 21 heavy (non-hydrogen) atoms. The average Bonchev–Trinajstić information content (AvgIpc) is 2.99. The van der Waals surface area contributed by atoms with Crippen LogP contribution in [0.15, 0.2) is 0 Å². The van der Waals surface area contributed by atoms with Crippen LogP contribution in [-0.2, 0) is 14.3 Å². The van der Waals surface area contributed by atoms with Gasteiger partial charge in [-0.1, -0.05) is 0 Å². The normalized spacial score (nSPS) is 41.3. The lowest BCUT2D eigenvalue weighted by molar-refractivity contribution is -0.204. The molecule has 4 saturated heterocycles. The van der Waals surface area contributed by atoms with Crippen LogP contribution in [0.1, 0.15) is 33.1 Å². The van der Waals surface area contributed by atoms with E-state index in [9.17, 15) is 9.59 Å². The lowest BCUT2D eigenvalue weighted by atomic mass is 9.86. The number of nitrogens with zero attached hydrogens (tertiary/aromatic N) is 1. The maximum absolute atomic E-state index is 12.4. The molecule has 4 rings (SSSR count). The van der Waals surface area contributed by atoms with Crippen molar-refractivity contribution in [3.05, 3.63) is 0 Å². The van der Waals surface area contributed by atoms with Gasteiger partial charge in [-0.05, 0) is 20.3 Å². The molecular weight excluding hydrogens is 274 g/mol. The van der Waals surface area contributed by atoms with E-state index in [1.165, 1.54) is 0 Å². The zero-order chi connectivity index (χ0) is 14.8. The number of piperidine rings is 1. The third-order valence-electron chi connectivity index (χ3n) is 5.34.